The predicted molar refractivity (Wildman–Crippen MR) is 97.2 cm³/mol. The number of benzene rings is 1. The Morgan fingerprint density at radius 1 is 1.15 bits per heavy atom. The zero-order valence-corrected chi connectivity index (χ0v) is 15.0. The van der Waals surface area contributed by atoms with Crippen LogP contribution < -0.4 is 0 Å². The Bertz CT molecular complexity index is 1140. The van der Waals surface area contributed by atoms with E-state index in [0.29, 0.717) is 34.7 Å². The maximum atomic E-state index is 14.1. The van der Waals surface area contributed by atoms with Crippen molar-refractivity contribution in [1.29, 1.82) is 0 Å². The van der Waals surface area contributed by atoms with Gasteiger partial charge in [-0.25, -0.2) is 28.4 Å². The van der Waals surface area contributed by atoms with Gasteiger partial charge in [-0.15, -0.1) is 0 Å². The van der Waals surface area contributed by atoms with Crippen molar-refractivity contribution < 1.29 is 8.78 Å². The first-order valence-corrected chi connectivity index (χ1v) is 8.65. The summed E-state index contributed by atoms with van der Waals surface area (Å²) in [4.78, 5) is 13.0. The summed E-state index contributed by atoms with van der Waals surface area (Å²) < 4.78 is 29.1. The van der Waals surface area contributed by atoms with Gasteiger partial charge in [-0.05, 0) is 24.6 Å². The fourth-order valence-corrected chi connectivity index (χ4v) is 3.00. The summed E-state index contributed by atoms with van der Waals surface area (Å²) in [6, 6.07) is 10.5. The monoisotopic (exact) mass is 384 g/mol. The third-order valence-corrected chi connectivity index (χ3v) is 4.28. The van der Waals surface area contributed by atoms with E-state index in [1.807, 2.05) is 13.0 Å². The molecule has 3 heterocycles. The number of aromatic nitrogens is 5. The van der Waals surface area contributed by atoms with Crippen LogP contribution in [0.4, 0.5) is 8.78 Å². The van der Waals surface area contributed by atoms with Gasteiger partial charge in [-0.1, -0.05) is 30.7 Å². The van der Waals surface area contributed by atoms with Crippen LogP contribution in [0.25, 0.3) is 22.6 Å². The van der Waals surface area contributed by atoms with Gasteiger partial charge in [0.25, 0.3) is 0 Å². The van der Waals surface area contributed by atoms with Crippen LogP contribution in [0.1, 0.15) is 18.2 Å². The zero-order chi connectivity index (χ0) is 19.0. The molecule has 4 rings (SSSR count). The lowest BCUT2D eigenvalue weighted by atomic mass is 10.2. The molecule has 0 saturated carbocycles. The third-order valence-electron chi connectivity index (χ3n) is 4.10. The van der Waals surface area contributed by atoms with Crippen LogP contribution in [0.5, 0.6) is 0 Å². The number of halogens is 3. The van der Waals surface area contributed by atoms with Gasteiger partial charge in [0.05, 0.1) is 17.6 Å². The van der Waals surface area contributed by atoms with Crippen LogP contribution in [-0.4, -0.2) is 24.7 Å². The first kappa shape index (κ1) is 17.5. The highest BCUT2D eigenvalue weighted by Gasteiger charge is 2.18. The Hall–Kier alpha value is -2.93. The van der Waals surface area contributed by atoms with E-state index in [1.54, 1.807) is 12.3 Å². The van der Waals surface area contributed by atoms with Crippen molar-refractivity contribution in [2.75, 3.05) is 0 Å². The van der Waals surface area contributed by atoms with Crippen LogP contribution in [0.2, 0.25) is 5.15 Å². The summed E-state index contributed by atoms with van der Waals surface area (Å²) in [6.45, 7) is 1.95. The quantitative estimate of drug-likeness (QED) is 0.494. The summed E-state index contributed by atoms with van der Waals surface area (Å²) in [6.07, 6.45) is 2.25. The van der Waals surface area contributed by atoms with E-state index in [0.717, 1.165) is 6.07 Å². The Balaban J connectivity index is 1.87. The number of hydrogen-bond acceptors (Lipinski definition) is 4. The molecule has 8 heteroatoms. The van der Waals surface area contributed by atoms with Crippen molar-refractivity contribution in [2.45, 2.75) is 19.9 Å². The third kappa shape index (κ3) is 3.26. The van der Waals surface area contributed by atoms with Gasteiger partial charge in [0.15, 0.2) is 23.1 Å². The first-order chi connectivity index (χ1) is 13.1. The highest BCUT2D eigenvalue weighted by Crippen LogP contribution is 2.26. The maximum absolute atomic E-state index is 14.1. The lowest BCUT2D eigenvalue weighted by molar-refractivity contribution is 0.493. The average molecular weight is 385 g/mol. The van der Waals surface area contributed by atoms with Crippen molar-refractivity contribution in [1.82, 2.24) is 24.7 Å². The molecule has 0 unspecified atom stereocenters. The molecule has 4 aromatic rings. The van der Waals surface area contributed by atoms with Crippen molar-refractivity contribution in [3.05, 3.63) is 70.6 Å². The van der Waals surface area contributed by atoms with Gasteiger partial charge in [0, 0.05) is 17.8 Å². The molecule has 1 radical (unpaired) electrons. The van der Waals surface area contributed by atoms with Gasteiger partial charge in [-0.2, -0.15) is 5.10 Å². The maximum Gasteiger partial charge on any atom is 0.182 e. The standard InChI is InChI=1S/C19H13ClF2N5/c1-2-12-9-15(20)25-18(24-12)17-13-6-4-8-23-19(13)27(26-17)10-11-5-3-7-14(21)16(11)22/h3-8H,2,10H2,1H3. The minimum Gasteiger partial charge on any atom is -0.242 e. The molecule has 0 N–H and O–H groups in total. The Morgan fingerprint density at radius 2 is 2.00 bits per heavy atom. The number of rotatable bonds is 4. The van der Waals surface area contributed by atoms with Crippen LogP contribution in [0.15, 0.2) is 36.5 Å². The topological polar surface area (TPSA) is 56.5 Å². The first-order valence-electron chi connectivity index (χ1n) is 8.27. The lowest BCUT2D eigenvalue weighted by Gasteiger charge is -2.05. The molecule has 27 heavy (non-hydrogen) atoms. The smallest absolute Gasteiger partial charge is 0.182 e. The summed E-state index contributed by atoms with van der Waals surface area (Å²) in [5.74, 6) is -1.47. The molecule has 0 atom stereocenters. The van der Waals surface area contributed by atoms with Crippen molar-refractivity contribution in [2.24, 2.45) is 0 Å². The van der Waals surface area contributed by atoms with Crippen molar-refractivity contribution >= 4 is 22.6 Å². The number of hydrogen-bond donors (Lipinski definition) is 0. The number of fused-ring (bicyclic) bond motifs is 1. The van der Waals surface area contributed by atoms with Gasteiger partial charge < -0.3 is 0 Å². The highest BCUT2D eigenvalue weighted by molar-refractivity contribution is 6.29. The van der Waals surface area contributed by atoms with Crippen LogP contribution in [0.3, 0.4) is 0 Å². The second-order valence-electron chi connectivity index (χ2n) is 5.86. The minimum atomic E-state index is -0.904. The molecule has 0 spiro atoms. The van der Waals surface area contributed by atoms with Crippen LogP contribution in [-0.2, 0) is 13.0 Å². The van der Waals surface area contributed by atoms with Gasteiger partial charge >= 0.3 is 0 Å². The summed E-state index contributed by atoms with van der Waals surface area (Å²) >= 11 is 6.06. The van der Waals surface area contributed by atoms with Crippen LogP contribution >= 0.6 is 11.6 Å². The van der Waals surface area contributed by atoms with E-state index in [4.69, 9.17) is 11.6 Å². The largest absolute Gasteiger partial charge is 0.242 e. The lowest BCUT2D eigenvalue weighted by Crippen LogP contribution is -2.06. The fraction of sp³-hybridized carbons (Fsp3) is 0.158. The molecule has 0 saturated heterocycles. The summed E-state index contributed by atoms with van der Waals surface area (Å²) in [5.41, 5.74) is 1.82. The second-order valence-corrected chi connectivity index (χ2v) is 6.22. The average Bonchev–Trinajstić information content (AvgIpc) is 3.04. The van der Waals surface area contributed by atoms with Gasteiger partial charge in [0.1, 0.15) is 10.8 Å². The zero-order valence-electron chi connectivity index (χ0n) is 14.2. The van der Waals surface area contributed by atoms with E-state index < -0.39 is 11.6 Å². The van der Waals surface area contributed by atoms with E-state index in [-0.39, 0.29) is 17.3 Å². The van der Waals surface area contributed by atoms with E-state index in [9.17, 15) is 8.78 Å². The van der Waals surface area contributed by atoms with E-state index in [2.05, 4.69) is 26.1 Å². The Kier molecular flexibility index (Phi) is 4.53. The highest BCUT2D eigenvalue weighted by atomic mass is 35.5. The minimum absolute atomic E-state index is 0.0183. The predicted octanol–water partition coefficient (Wildman–Crippen LogP) is 4.23. The Morgan fingerprint density at radius 3 is 2.81 bits per heavy atom. The summed E-state index contributed by atoms with van der Waals surface area (Å²) in [5, 5.41) is 5.40. The molecule has 1 aromatic carbocycles. The molecular weight excluding hydrogens is 372 g/mol. The molecule has 0 amide bonds. The molecule has 0 aliphatic carbocycles. The summed E-state index contributed by atoms with van der Waals surface area (Å²) in [7, 11) is 0. The van der Waals surface area contributed by atoms with Crippen molar-refractivity contribution in [3.63, 3.8) is 0 Å². The molecular formula is C19H13ClF2N5. The second kappa shape index (κ2) is 7.00. The normalized spacial score (nSPS) is 11.3. The molecule has 0 aliphatic heterocycles. The number of nitrogens with zero attached hydrogens (tertiary/aromatic N) is 5. The number of aryl methyl sites for hydroxylation is 1. The number of pyridine rings is 1. The van der Waals surface area contributed by atoms with E-state index in [1.165, 1.54) is 16.8 Å². The molecule has 5 nitrogen and oxygen atoms in total. The Labute approximate surface area is 158 Å². The molecule has 0 aliphatic rings. The van der Waals surface area contributed by atoms with Gasteiger partial charge in [-0.3, -0.25) is 0 Å². The molecule has 0 bridgehead atoms. The molecule has 135 valence electrons. The SMILES string of the molecule is CCc1[c]c(Cl)nc(-c2nn(Cc3cccc(F)c3F)c3ncccc23)n1. The van der Waals surface area contributed by atoms with E-state index >= 15 is 0 Å². The van der Waals surface area contributed by atoms with Crippen molar-refractivity contribution in [3.8, 4) is 11.5 Å². The molecule has 0 fully saturated rings. The fourth-order valence-electron chi connectivity index (χ4n) is 2.81. The van der Waals surface area contributed by atoms with Crippen LogP contribution in [0, 0.1) is 17.7 Å². The molecule has 3 aromatic heterocycles. The van der Waals surface area contributed by atoms with Gasteiger partial charge in [0.2, 0.25) is 0 Å².